The van der Waals surface area contributed by atoms with Crippen LogP contribution < -0.4 is 5.32 Å². The fourth-order valence-electron chi connectivity index (χ4n) is 2.93. The van der Waals surface area contributed by atoms with Gasteiger partial charge < -0.3 is 5.32 Å². The van der Waals surface area contributed by atoms with E-state index in [9.17, 15) is 0 Å². The molecule has 2 nitrogen and oxygen atoms in total. The summed E-state index contributed by atoms with van der Waals surface area (Å²) < 4.78 is 0. The lowest BCUT2D eigenvalue weighted by Crippen LogP contribution is -2.46. The Labute approximate surface area is 124 Å². The quantitative estimate of drug-likeness (QED) is 0.888. The average molecular weight is 274 g/mol. The Morgan fingerprint density at radius 3 is 2.70 bits per heavy atom. The van der Waals surface area contributed by atoms with Gasteiger partial charge in [-0.05, 0) is 49.9 Å². The Bertz CT molecular complexity index is 445. The molecule has 0 spiro atoms. The summed E-state index contributed by atoms with van der Waals surface area (Å²) in [5.41, 5.74) is 4.59. The summed E-state index contributed by atoms with van der Waals surface area (Å²) in [6.07, 6.45) is 1.25. The number of nitrogens with one attached hydrogen (secondary N) is 1. The molecular weight excluding hydrogens is 244 g/mol. The molecule has 0 radical (unpaired) electrons. The monoisotopic (exact) mass is 274 g/mol. The van der Waals surface area contributed by atoms with Gasteiger partial charge in [-0.15, -0.1) is 0 Å². The highest BCUT2D eigenvalue weighted by atomic mass is 15.2. The van der Waals surface area contributed by atoms with Gasteiger partial charge in [0.25, 0.3) is 0 Å². The smallest absolute Gasteiger partial charge is 0.0243 e. The molecule has 2 heteroatoms. The average Bonchev–Trinajstić information content (AvgIpc) is 2.59. The third-order valence-electron chi connectivity index (χ3n) is 4.43. The van der Waals surface area contributed by atoms with Crippen LogP contribution >= 0.6 is 0 Å². The fourth-order valence-corrected chi connectivity index (χ4v) is 2.93. The molecule has 112 valence electrons. The predicted molar refractivity (Wildman–Crippen MR) is 87.1 cm³/mol. The molecular formula is C18H30N2. The molecule has 0 aromatic heterocycles. The minimum absolute atomic E-state index is 0.324. The third-order valence-corrected chi connectivity index (χ3v) is 4.43. The van der Waals surface area contributed by atoms with E-state index in [0.29, 0.717) is 11.5 Å². The molecule has 0 bridgehead atoms. The van der Waals surface area contributed by atoms with Crippen LogP contribution in [0.3, 0.4) is 0 Å². The zero-order chi connectivity index (χ0) is 14.8. The first-order valence-corrected chi connectivity index (χ1v) is 7.88. The van der Waals surface area contributed by atoms with Gasteiger partial charge in [0.15, 0.2) is 0 Å². The van der Waals surface area contributed by atoms with Crippen molar-refractivity contribution in [2.24, 2.45) is 5.41 Å². The van der Waals surface area contributed by atoms with Gasteiger partial charge in [0, 0.05) is 19.1 Å². The van der Waals surface area contributed by atoms with E-state index in [1.807, 2.05) is 0 Å². The highest BCUT2D eigenvalue weighted by Crippen LogP contribution is 2.23. The summed E-state index contributed by atoms with van der Waals surface area (Å²) in [6, 6.07) is 7.39. The first-order valence-electron chi connectivity index (χ1n) is 7.88. The molecule has 1 fully saturated rings. The molecule has 20 heavy (non-hydrogen) atoms. The standard InChI is InChI=1S/C18H30N2/c1-14-7-8-15(2)16(11-14)12-20-10-6-9-19-17(13-20)18(3,4)5/h7-8,11,17,19H,6,9-10,12-13H2,1-5H3. The SMILES string of the molecule is Cc1ccc(C)c(CN2CCCNC(C(C)(C)C)C2)c1. The molecule has 1 atom stereocenters. The van der Waals surface area contributed by atoms with Crippen LogP contribution in [0.2, 0.25) is 0 Å². The largest absolute Gasteiger partial charge is 0.312 e. The van der Waals surface area contributed by atoms with E-state index >= 15 is 0 Å². The Morgan fingerprint density at radius 1 is 1.25 bits per heavy atom. The Balaban J connectivity index is 2.09. The molecule has 1 unspecified atom stereocenters. The van der Waals surface area contributed by atoms with Gasteiger partial charge in [-0.2, -0.15) is 0 Å². The molecule has 1 aromatic carbocycles. The van der Waals surface area contributed by atoms with Crippen molar-refractivity contribution in [3.05, 3.63) is 34.9 Å². The normalized spacial score (nSPS) is 21.8. The third kappa shape index (κ3) is 4.07. The van der Waals surface area contributed by atoms with Crippen molar-refractivity contribution in [2.45, 2.75) is 53.6 Å². The van der Waals surface area contributed by atoms with Crippen LogP contribution in [0.25, 0.3) is 0 Å². The summed E-state index contributed by atoms with van der Waals surface area (Å²) in [5.74, 6) is 0. The summed E-state index contributed by atoms with van der Waals surface area (Å²) in [7, 11) is 0. The maximum Gasteiger partial charge on any atom is 0.0243 e. The van der Waals surface area contributed by atoms with Crippen molar-refractivity contribution in [3.63, 3.8) is 0 Å². The van der Waals surface area contributed by atoms with Crippen LogP contribution in [0.4, 0.5) is 0 Å². The van der Waals surface area contributed by atoms with Crippen molar-refractivity contribution in [1.29, 1.82) is 0 Å². The molecule has 1 heterocycles. The predicted octanol–water partition coefficient (Wildman–Crippen LogP) is 3.51. The Morgan fingerprint density at radius 2 is 2.00 bits per heavy atom. The van der Waals surface area contributed by atoms with Gasteiger partial charge >= 0.3 is 0 Å². The highest BCUT2D eigenvalue weighted by molar-refractivity contribution is 5.30. The lowest BCUT2D eigenvalue weighted by atomic mass is 9.86. The van der Waals surface area contributed by atoms with E-state index in [1.165, 1.54) is 29.7 Å². The molecule has 1 N–H and O–H groups in total. The van der Waals surface area contributed by atoms with Crippen LogP contribution in [0, 0.1) is 19.3 Å². The van der Waals surface area contributed by atoms with E-state index in [1.54, 1.807) is 0 Å². The number of benzene rings is 1. The number of aryl methyl sites for hydroxylation is 2. The summed E-state index contributed by atoms with van der Waals surface area (Å²) >= 11 is 0. The molecule has 0 aliphatic carbocycles. The molecule has 2 rings (SSSR count). The number of hydrogen-bond donors (Lipinski definition) is 1. The van der Waals surface area contributed by atoms with Gasteiger partial charge in [-0.25, -0.2) is 0 Å². The van der Waals surface area contributed by atoms with Crippen LogP contribution in [-0.2, 0) is 6.54 Å². The van der Waals surface area contributed by atoms with E-state index in [2.05, 4.69) is 63.0 Å². The summed E-state index contributed by atoms with van der Waals surface area (Å²) in [5, 5.41) is 3.72. The van der Waals surface area contributed by atoms with Crippen LogP contribution in [-0.4, -0.2) is 30.6 Å². The van der Waals surface area contributed by atoms with E-state index in [4.69, 9.17) is 0 Å². The molecule has 1 saturated heterocycles. The number of hydrogen-bond acceptors (Lipinski definition) is 2. The van der Waals surface area contributed by atoms with Crippen LogP contribution in [0.15, 0.2) is 18.2 Å². The molecule has 1 aromatic rings. The van der Waals surface area contributed by atoms with Crippen molar-refractivity contribution >= 4 is 0 Å². The Hall–Kier alpha value is -0.860. The Kier molecular flexibility index (Phi) is 4.87. The maximum atomic E-state index is 3.72. The van der Waals surface area contributed by atoms with Crippen molar-refractivity contribution in [2.75, 3.05) is 19.6 Å². The summed E-state index contributed by atoms with van der Waals surface area (Å²) in [6.45, 7) is 16.0. The molecule has 0 saturated carbocycles. The lowest BCUT2D eigenvalue weighted by Gasteiger charge is -2.34. The lowest BCUT2D eigenvalue weighted by molar-refractivity contribution is 0.192. The van der Waals surface area contributed by atoms with Gasteiger partial charge in [0.05, 0.1) is 0 Å². The summed E-state index contributed by atoms with van der Waals surface area (Å²) in [4.78, 5) is 2.62. The van der Waals surface area contributed by atoms with Crippen molar-refractivity contribution < 1.29 is 0 Å². The van der Waals surface area contributed by atoms with Crippen LogP contribution in [0.5, 0.6) is 0 Å². The highest BCUT2D eigenvalue weighted by Gasteiger charge is 2.28. The van der Waals surface area contributed by atoms with E-state index in [-0.39, 0.29) is 0 Å². The van der Waals surface area contributed by atoms with Crippen molar-refractivity contribution in [1.82, 2.24) is 10.2 Å². The topological polar surface area (TPSA) is 15.3 Å². The first kappa shape index (κ1) is 15.5. The zero-order valence-corrected chi connectivity index (χ0v) is 13.8. The van der Waals surface area contributed by atoms with Gasteiger partial charge in [-0.1, -0.05) is 44.5 Å². The number of nitrogens with zero attached hydrogens (tertiary/aromatic N) is 1. The van der Waals surface area contributed by atoms with Gasteiger partial charge in [0.1, 0.15) is 0 Å². The minimum Gasteiger partial charge on any atom is -0.312 e. The van der Waals surface area contributed by atoms with Gasteiger partial charge in [0.2, 0.25) is 0 Å². The molecule has 1 aliphatic rings. The fraction of sp³-hybridized carbons (Fsp3) is 0.667. The molecule has 0 amide bonds. The number of rotatable bonds is 2. The van der Waals surface area contributed by atoms with E-state index < -0.39 is 0 Å². The minimum atomic E-state index is 0.324. The zero-order valence-electron chi connectivity index (χ0n) is 13.8. The second-order valence-electron chi connectivity index (χ2n) is 7.39. The maximum absolute atomic E-state index is 3.72. The van der Waals surface area contributed by atoms with Crippen molar-refractivity contribution in [3.8, 4) is 0 Å². The second-order valence-corrected chi connectivity index (χ2v) is 7.39. The first-order chi connectivity index (χ1) is 9.36. The van der Waals surface area contributed by atoms with Crippen LogP contribution in [0.1, 0.15) is 43.9 Å². The van der Waals surface area contributed by atoms with Gasteiger partial charge in [-0.3, -0.25) is 4.90 Å². The molecule has 1 aliphatic heterocycles. The van der Waals surface area contributed by atoms with E-state index in [0.717, 1.165) is 19.6 Å². The second kappa shape index (κ2) is 6.28.